The monoisotopic (exact) mass is 755 g/mol. The number of amides is 3. The van der Waals surface area contributed by atoms with E-state index in [-0.39, 0.29) is 17.2 Å². The quantitative estimate of drug-likeness (QED) is 0.0652. The van der Waals surface area contributed by atoms with Crippen LogP contribution in [0.25, 0.3) is 17.2 Å². The number of methoxy groups -OCH3 is 1. The van der Waals surface area contributed by atoms with Crippen LogP contribution in [-0.4, -0.2) is 30.8 Å². The summed E-state index contributed by atoms with van der Waals surface area (Å²) in [6, 6.07) is 37.9. The number of thioether (sulfide) groups is 1. The molecule has 0 fully saturated rings. The van der Waals surface area contributed by atoms with Gasteiger partial charge in [0.15, 0.2) is 0 Å². The molecule has 11 heteroatoms. The van der Waals surface area contributed by atoms with Crippen molar-refractivity contribution >= 4 is 63.6 Å². The van der Waals surface area contributed by atoms with E-state index < -0.39 is 28.9 Å². The maximum atomic E-state index is 14.1. The van der Waals surface area contributed by atoms with Crippen LogP contribution in [0.4, 0.5) is 15.1 Å². The summed E-state index contributed by atoms with van der Waals surface area (Å²) >= 11 is 2.50. The number of nitrogens with one attached hydrogen (secondary N) is 3. The van der Waals surface area contributed by atoms with Crippen molar-refractivity contribution in [2.75, 3.05) is 17.7 Å². The Morgan fingerprint density at radius 1 is 0.796 bits per heavy atom. The molecule has 8 nitrogen and oxygen atoms in total. The van der Waals surface area contributed by atoms with E-state index in [2.05, 4.69) is 16.0 Å². The number of hydrogen-bond donors (Lipinski definition) is 3. The summed E-state index contributed by atoms with van der Waals surface area (Å²) < 4.78 is 18.7. The Kier molecular flexibility index (Phi) is 12.1. The first-order valence-corrected chi connectivity index (χ1v) is 18.5. The highest BCUT2D eigenvalue weighted by atomic mass is 32.2. The third-order valence-electron chi connectivity index (χ3n) is 8.18. The van der Waals surface area contributed by atoms with Gasteiger partial charge in [-0.1, -0.05) is 96.6 Å². The Balaban J connectivity index is 1.25. The number of carbonyl (C=O) groups excluding carboxylic acids is 4. The summed E-state index contributed by atoms with van der Waals surface area (Å²) in [7, 11) is 1.30. The Morgan fingerprint density at radius 3 is 2.17 bits per heavy atom. The second-order valence-corrected chi connectivity index (χ2v) is 14.1. The third-order valence-corrected chi connectivity index (χ3v) is 10.3. The minimum Gasteiger partial charge on any atom is -0.465 e. The van der Waals surface area contributed by atoms with Gasteiger partial charge in [-0.15, -0.1) is 23.1 Å². The molecule has 5 aromatic carbocycles. The highest BCUT2D eigenvalue weighted by molar-refractivity contribution is 8.00. The van der Waals surface area contributed by atoms with Gasteiger partial charge in [-0.05, 0) is 72.2 Å². The fraction of sp³-hybridized carbons (Fsp3) is 0.0698. The van der Waals surface area contributed by atoms with Crippen molar-refractivity contribution in [3.63, 3.8) is 0 Å². The smallest absolute Gasteiger partial charge is 0.341 e. The number of benzene rings is 5. The molecule has 3 amide bonds. The third kappa shape index (κ3) is 9.37. The van der Waals surface area contributed by atoms with Crippen molar-refractivity contribution in [3.05, 3.63) is 178 Å². The molecule has 1 unspecified atom stereocenters. The van der Waals surface area contributed by atoms with Crippen molar-refractivity contribution in [3.8, 4) is 11.1 Å². The molecule has 0 aliphatic heterocycles. The molecule has 0 aliphatic carbocycles. The van der Waals surface area contributed by atoms with Crippen LogP contribution >= 0.6 is 23.1 Å². The van der Waals surface area contributed by atoms with E-state index in [1.54, 1.807) is 48.5 Å². The molecule has 0 spiro atoms. The molecule has 3 N–H and O–H groups in total. The average Bonchev–Trinajstić information content (AvgIpc) is 3.61. The molecule has 1 aromatic heterocycles. The first-order valence-electron chi connectivity index (χ1n) is 16.7. The zero-order chi connectivity index (χ0) is 38.0. The Morgan fingerprint density at radius 2 is 1.48 bits per heavy atom. The van der Waals surface area contributed by atoms with E-state index in [9.17, 15) is 23.6 Å². The number of ether oxygens (including phenoxy) is 1. The van der Waals surface area contributed by atoms with Crippen LogP contribution in [0.2, 0.25) is 0 Å². The second-order valence-electron chi connectivity index (χ2n) is 12.0. The van der Waals surface area contributed by atoms with Crippen LogP contribution in [0.1, 0.15) is 42.7 Å². The first kappa shape index (κ1) is 37.5. The van der Waals surface area contributed by atoms with E-state index in [1.807, 2.05) is 73.0 Å². The number of rotatable bonds is 12. The van der Waals surface area contributed by atoms with Gasteiger partial charge in [0.25, 0.3) is 11.8 Å². The SMILES string of the molecule is COC(=O)c1c(-c2ccc(C)cc2)csc1NC(=O)C(Sc1cccc(NC(=O)/C(=C/c2ccc(F)cc2)NC(=O)c2ccccc2)c1)c1ccccc1. The first-order chi connectivity index (χ1) is 26.2. The normalized spacial score (nSPS) is 11.6. The number of esters is 1. The molecule has 54 heavy (non-hydrogen) atoms. The maximum absolute atomic E-state index is 14.1. The molecule has 0 saturated heterocycles. The van der Waals surface area contributed by atoms with Crippen LogP contribution in [0.5, 0.6) is 0 Å². The molecule has 270 valence electrons. The van der Waals surface area contributed by atoms with Crippen LogP contribution in [0.3, 0.4) is 0 Å². The number of hydrogen-bond acceptors (Lipinski definition) is 7. The highest BCUT2D eigenvalue weighted by Crippen LogP contribution is 2.40. The van der Waals surface area contributed by atoms with E-state index in [4.69, 9.17) is 4.74 Å². The van der Waals surface area contributed by atoms with Crippen molar-refractivity contribution in [1.29, 1.82) is 0 Å². The number of thiophene rings is 1. The summed E-state index contributed by atoms with van der Waals surface area (Å²) in [4.78, 5) is 54.6. The Bertz CT molecular complexity index is 2310. The Labute approximate surface area is 320 Å². The standard InChI is InChI=1S/C43H34FN3O5S2/c1-27-16-20-29(21-17-27)35-26-53-42(37(35)43(51)52-2)47-41(50)38(30-10-5-3-6-11-30)54-34-15-9-14-33(25-34)45-40(49)36(24-28-18-22-32(44)23-19-28)46-39(48)31-12-7-4-8-13-31/h3-26,38H,1-2H3,(H,45,49)(H,46,48)(H,47,50)/b36-24-. The van der Waals surface area contributed by atoms with E-state index in [0.717, 1.165) is 16.7 Å². The lowest BCUT2D eigenvalue weighted by Crippen LogP contribution is -2.30. The maximum Gasteiger partial charge on any atom is 0.341 e. The number of carbonyl (C=O) groups is 4. The molecule has 0 radical (unpaired) electrons. The van der Waals surface area contributed by atoms with E-state index >= 15 is 0 Å². The summed E-state index contributed by atoms with van der Waals surface area (Å²) in [6.07, 6.45) is 1.46. The van der Waals surface area contributed by atoms with Crippen LogP contribution in [-0.2, 0) is 14.3 Å². The fourth-order valence-corrected chi connectivity index (χ4v) is 7.47. The number of aryl methyl sites for hydroxylation is 1. The predicted molar refractivity (Wildman–Crippen MR) is 213 cm³/mol. The Hall–Kier alpha value is -6.30. The van der Waals surface area contributed by atoms with E-state index in [0.29, 0.717) is 32.3 Å². The van der Waals surface area contributed by atoms with Crippen LogP contribution in [0.15, 0.2) is 149 Å². The van der Waals surface area contributed by atoms with Gasteiger partial charge in [-0.3, -0.25) is 14.4 Å². The minimum atomic E-state index is -0.758. The fourth-order valence-electron chi connectivity index (χ4n) is 5.43. The molecule has 6 aromatic rings. The minimum absolute atomic E-state index is 0.0579. The zero-order valence-electron chi connectivity index (χ0n) is 29.2. The predicted octanol–water partition coefficient (Wildman–Crippen LogP) is 9.53. The number of halogens is 1. The van der Waals surface area contributed by atoms with Crippen molar-refractivity contribution in [2.24, 2.45) is 0 Å². The van der Waals surface area contributed by atoms with Crippen molar-refractivity contribution in [2.45, 2.75) is 17.1 Å². The van der Waals surface area contributed by atoms with Crippen molar-refractivity contribution in [1.82, 2.24) is 5.32 Å². The zero-order valence-corrected chi connectivity index (χ0v) is 30.8. The summed E-state index contributed by atoms with van der Waals surface area (Å²) in [6.45, 7) is 1.98. The molecule has 0 aliphatic rings. The topological polar surface area (TPSA) is 114 Å². The van der Waals surface area contributed by atoms with Gasteiger partial charge in [0.1, 0.15) is 27.3 Å². The van der Waals surface area contributed by atoms with Gasteiger partial charge in [-0.25, -0.2) is 9.18 Å². The molecule has 0 saturated carbocycles. The van der Waals surface area contributed by atoms with Crippen LogP contribution < -0.4 is 16.0 Å². The van der Waals surface area contributed by atoms with E-state index in [1.165, 1.54) is 60.5 Å². The average molecular weight is 756 g/mol. The van der Waals surface area contributed by atoms with Crippen molar-refractivity contribution < 1.29 is 28.3 Å². The lowest BCUT2D eigenvalue weighted by atomic mass is 10.0. The molecule has 0 bridgehead atoms. The summed E-state index contributed by atoms with van der Waals surface area (Å²) in [5.41, 5.74) is 4.74. The summed E-state index contributed by atoms with van der Waals surface area (Å²) in [5, 5.41) is 9.93. The van der Waals surface area contributed by atoms with Gasteiger partial charge >= 0.3 is 5.97 Å². The number of anilines is 2. The lowest BCUT2D eigenvalue weighted by Gasteiger charge is -2.18. The van der Waals surface area contributed by atoms with Gasteiger partial charge in [-0.2, -0.15) is 0 Å². The van der Waals surface area contributed by atoms with Crippen LogP contribution in [0, 0.1) is 12.7 Å². The largest absolute Gasteiger partial charge is 0.465 e. The highest BCUT2D eigenvalue weighted by Gasteiger charge is 2.27. The van der Waals surface area contributed by atoms with Gasteiger partial charge < -0.3 is 20.7 Å². The molecule has 6 rings (SSSR count). The van der Waals surface area contributed by atoms with Gasteiger partial charge in [0, 0.05) is 27.1 Å². The van der Waals surface area contributed by atoms with Gasteiger partial charge in [0.2, 0.25) is 5.91 Å². The molecular weight excluding hydrogens is 722 g/mol. The molecule has 1 atom stereocenters. The lowest BCUT2D eigenvalue weighted by molar-refractivity contribution is -0.116. The summed E-state index contributed by atoms with van der Waals surface area (Å²) in [5.74, 6) is -2.47. The molecular formula is C43H34FN3O5S2. The second kappa shape index (κ2) is 17.5. The van der Waals surface area contributed by atoms with Gasteiger partial charge in [0.05, 0.1) is 7.11 Å². The molecule has 1 heterocycles.